The average Bonchev–Trinajstić information content (AvgIpc) is 2.38. The van der Waals surface area contributed by atoms with Crippen molar-refractivity contribution in [2.75, 3.05) is 6.54 Å². The van der Waals surface area contributed by atoms with E-state index in [1.54, 1.807) is 12.1 Å². The van der Waals surface area contributed by atoms with Crippen molar-refractivity contribution in [2.45, 2.75) is 32.3 Å². The van der Waals surface area contributed by atoms with Crippen LogP contribution in [0.15, 0.2) is 18.2 Å². The Hall–Kier alpha value is -0.820. The molecule has 5 heteroatoms. The Bertz CT molecular complexity index is 430. The summed E-state index contributed by atoms with van der Waals surface area (Å²) in [7, 11) is 0. The summed E-state index contributed by atoms with van der Waals surface area (Å²) in [6.07, 6.45) is 1.17. The standard InChI is InChI=1S/C13H18INO3/c1-3-13(18,4-2)8-15-12(17)9-5-6-10(14)11(16)7-9/h5-7,16,18H,3-4,8H2,1-2H3,(H,15,17). The van der Waals surface area contributed by atoms with Crippen LogP contribution in [0.3, 0.4) is 0 Å². The van der Waals surface area contributed by atoms with E-state index in [0.29, 0.717) is 22.0 Å². The minimum Gasteiger partial charge on any atom is -0.507 e. The van der Waals surface area contributed by atoms with Crippen molar-refractivity contribution in [3.05, 3.63) is 27.3 Å². The number of amides is 1. The predicted octanol–water partition coefficient (Wildman–Crippen LogP) is 2.28. The molecule has 0 aliphatic heterocycles. The summed E-state index contributed by atoms with van der Waals surface area (Å²) < 4.78 is 0.697. The Morgan fingerprint density at radius 1 is 1.39 bits per heavy atom. The van der Waals surface area contributed by atoms with Crippen molar-refractivity contribution in [1.29, 1.82) is 0 Å². The van der Waals surface area contributed by atoms with Crippen LogP contribution in [0.2, 0.25) is 0 Å². The topological polar surface area (TPSA) is 69.6 Å². The Morgan fingerprint density at radius 3 is 2.50 bits per heavy atom. The van der Waals surface area contributed by atoms with Gasteiger partial charge in [-0.05, 0) is 53.6 Å². The number of benzene rings is 1. The average molecular weight is 363 g/mol. The van der Waals surface area contributed by atoms with Crippen molar-refractivity contribution in [2.24, 2.45) is 0 Å². The second-order valence-electron chi connectivity index (χ2n) is 4.28. The van der Waals surface area contributed by atoms with E-state index >= 15 is 0 Å². The van der Waals surface area contributed by atoms with Gasteiger partial charge in [0.05, 0.1) is 9.17 Å². The normalized spacial score (nSPS) is 11.3. The lowest BCUT2D eigenvalue weighted by Crippen LogP contribution is -2.42. The van der Waals surface area contributed by atoms with Gasteiger partial charge in [-0.1, -0.05) is 13.8 Å². The molecular weight excluding hydrogens is 345 g/mol. The first kappa shape index (κ1) is 15.2. The summed E-state index contributed by atoms with van der Waals surface area (Å²) in [5, 5.41) is 22.3. The number of phenols is 1. The number of nitrogens with one attached hydrogen (secondary N) is 1. The molecule has 4 nitrogen and oxygen atoms in total. The summed E-state index contributed by atoms with van der Waals surface area (Å²) in [6, 6.07) is 4.75. The molecule has 3 N–H and O–H groups in total. The summed E-state index contributed by atoms with van der Waals surface area (Å²) in [5.41, 5.74) is -0.469. The highest BCUT2D eigenvalue weighted by atomic mass is 127. The van der Waals surface area contributed by atoms with E-state index in [9.17, 15) is 15.0 Å². The van der Waals surface area contributed by atoms with Gasteiger partial charge in [0.25, 0.3) is 5.91 Å². The van der Waals surface area contributed by atoms with Crippen LogP contribution in [0.5, 0.6) is 5.75 Å². The van der Waals surface area contributed by atoms with E-state index < -0.39 is 5.60 Å². The molecule has 18 heavy (non-hydrogen) atoms. The lowest BCUT2D eigenvalue weighted by atomic mass is 9.97. The first-order valence-electron chi connectivity index (χ1n) is 5.91. The Kier molecular flexibility index (Phi) is 5.40. The fraction of sp³-hybridized carbons (Fsp3) is 0.462. The molecule has 0 aliphatic rings. The number of carbonyl (C=O) groups is 1. The van der Waals surface area contributed by atoms with Gasteiger partial charge in [-0.15, -0.1) is 0 Å². The van der Waals surface area contributed by atoms with Gasteiger partial charge in [0.15, 0.2) is 0 Å². The van der Waals surface area contributed by atoms with Gasteiger partial charge < -0.3 is 15.5 Å². The Labute approximate surface area is 121 Å². The van der Waals surface area contributed by atoms with Crippen molar-refractivity contribution in [1.82, 2.24) is 5.32 Å². The fourth-order valence-corrected chi connectivity index (χ4v) is 1.84. The minimum atomic E-state index is -0.860. The fourth-order valence-electron chi connectivity index (χ4n) is 1.50. The SMILES string of the molecule is CCC(O)(CC)CNC(=O)c1ccc(I)c(O)c1. The molecule has 0 heterocycles. The molecule has 1 aromatic rings. The van der Waals surface area contributed by atoms with Crippen molar-refractivity contribution < 1.29 is 15.0 Å². The van der Waals surface area contributed by atoms with Gasteiger partial charge in [0.1, 0.15) is 5.75 Å². The van der Waals surface area contributed by atoms with E-state index in [4.69, 9.17) is 0 Å². The monoisotopic (exact) mass is 363 g/mol. The Balaban J connectivity index is 2.68. The third-order valence-corrected chi connectivity index (χ3v) is 4.01. The van der Waals surface area contributed by atoms with Crippen LogP contribution in [0, 0.1) is 3.57 Å². The number of halogens is 1. The third-order valence-electron chi connectivity index (χ3n) is 3.10. The first-order chi connectivity index (χ1) is 8.41. The highest BCUT2D eigenvalue weighted by Gasteiger charge is 2.23. The first-order valence-corrected chi connectivity index (χ1v) is 6.99. The molecule has 0 bridgehead atoms. The maximum atomic E-state index is 11.9. The zero-order valence-corrected chi connectivity index (χ0v) is 12.7. The predicted molar refractivity (Wildman–Crippen MR) is 78.7 cm³/mol. The number of hydrogen-bond acceptors (Lipinski definition) is 3. The summed E-state index contributed by atoms with van der Waals surface area (Å²) in [4.78, 5) is 11.9. The molecule has 1 aromatic carbocycles. The van der Waals surface area contributed by atoms with Crippen LogP contribution in [-0.4, -0.2) is 28.3 Å². The zero-order chi connectivity index (χ0) is 13.8. The number of phenolic OH excluding ortho intramolecular Hbond substituents is 1. The molecule has 1 amide bonds. The van der Waals surface area contributed by atoms with Crippen molar-refractivity contribution >= 4 is 28.5 Å². The molecule has 0 radical (unpaired) electrons. The maximum Gasteiger partial charge on any atom is 0.251 e. The largest absolute Gasteiger partial charge is 0.507 e. The molecule has 1 rings (SSSR count). The van der Waals surface area contributed by atoms with E-state index in [0.717, 1.165) is 0 Å². The highest BCUT2D eigenvalue weighted by Crippen LogP contribution is 2.20. The quantitative estimate of drug-likeness (QED) is 0.703. The Morgan fingerprint density at radius 2 is 2.00 bits per heavy atom. The minimum absolute atomic E-state index is 0.0875. The molecule has 0 spiro atoms. The van der Waals surface area contributed by atoms with E-state index in [2.05, 4.69) is 5.32 Å². The summed E-state index contributed by atoms with van der Waals surface area (Å²) in [6.45, 7) is 3.98. The van der Waals surface area contributed by atoms with Crippen LogP contribution in [-0.2, 0) is 0 Å². The van der Waals surface area contributed by atoms with Crippen LogP contribution in [0.1, 0.15) is 37.0 Å². The lowest BCUT2D eigenvalue weighted by molar-refractivity contribution is 0.0314. The second-order valence-corrected chi connectivity index (χ2v) is 5.44. The van der Waals surface area contributed by atoms with Gasteiger partial charge in [0.2, 0.25) is 0 Å². The molecule has 100 valence electrons. The van der Waals surface area contributed by atoms with Gasteiger partial charge in [-0.3, -0.25) is 4.79 Å². The molecule has 0 saturated heterocycles. The highest BCUT2D eigenvalue weighted by molar-refractivity contribution is 14.1. The van der Waals surface area contributed by atoms with Crippen LogP contribution in [0.4, 0.5) is 0 Å². The molecule has 0 aromatic heterocycles. The molecule has 0 fully saturated rings. The molecule has 0 unspecified atom stereocenters. The van der Waals surface area contributed by atoms with Gasteiger partial charge in [0, 0.05) is 12.1 Å². The molecular formula is C13H18INO3. The summed E-state index contributed by atoms with van der Waals surface area (Å²) >= 11 is 1.99. The lowest BCUT2D eigenvalue weighted by Gasteiger charge is -2.25. The molecule has 0 saturated carbocycles. The van der Waals surface area contributed by atoms with Gasteiger partial charge >= 0.3 is 0 Å². The number of aliphatic hydroxyl groups is 1. The van der Waals surface area contributed by atoms with Gasteiger partial charge in [-0.25, -0.2) is 0 Å². The van der Waals surface area contributed by atoms with Crippen LogP contribution >= 0.6 is 22.6 Å². The van der Waals surface area contributed by atoms with Gasteiger partial charge in [-0.2, -0.15) is 0 Å². The summed E-state index contributed by atoms with van der Waals surface area (Å²) in [5.74, 6) is -0.202. The van der Waals surface area contributed by atoms with Crippen LogP contribution < -0.4 is 5.32 Å². The zero-order valence-electron chi connectivity index (χ0n) is 10.5. The van der Waals surface area contributed by atoms with Crippen molar-refractivity contribution in [3.8, 4) is 5.75 Å². The maximum absolute atomic E-state index is 11.9. The number of carbonyl (C=O) groups excluding carboxylic acids is 1. The second kappa shape index (κ2) is 6.38. The van der Waals surface area contributed by atoms with E-state index in [1.165, 1.54) is 6.07 Å². The smallest absolute Gasteiger partial charge is 0.251 e. The van der Waals surface area contributed by atoms with E-state index in [1.807, 2.05) is 36.4 Å². The van der Waals surface area contributed by atoms with Crippen molar-refractivity contribution in [3.63, 3.8) is 0 Å². The third kappa shape index (κ3) is 3.84. The molecule has 0 atom stereocenters. The number of hydrogen-bond donors (Lipinski definition) is 3. The molecule has 0 aliphatic carbocycles. The number of aromatic hydroxyl groups is 1. The number of rotatable bonds is 5. The van der Waals surface area contributed by atoms with E-state index in [-0.39, 0.29) is 18.2 Å². The van der Waals surface area contributed by atoms with Crippen LogP contribution in [0.25, 0.3) is 0 Å².